The molecule has 0 saturated heterocycles. The summed E-state index contributed by atoms with van der Waals surface area (Å²) in [5.41, 5.74) is 3.27. The van der Waals surface area contributed by atoms with Crippen molar-refractivity contribution in [2.24, 2.45) is 0 Å². The minimum absolute atomic E-state index is 0.0899. The number of halogens is 2. The van der Waals surface area contributed by atoms with Crippen molar-refractivity contribution in [1.29, 1.82) is 0 Å². The molecule has 154 valence electrons. The van der Waals surface area contributed by atoms with Crippen molar-refractivity contribution in [3.05, 3.63) is 90.0 Å². The summed E-state index contributed by atoms with van der Waals surface area (Å²) in [7, 11) is 0. The van der Waals surface area contributed by atoms with Crippen LogP contribution in [-0.2, 0) is 0 Å². The van der Waals surface area contributed by atoms with Gasteiger partial charge in [-0.1, -0.05) is 30.3 Å². The molecule has 0 fully saturated rings. The number of aromatic nitrogens is 2. The first-order valence-corrected chi connectivity index (χ1v) is 10.0. The Bertz CT molecular complexity index is 1300. The zero-order chi connectivity index (χ0) is 21.4. The lowest BCUT2D eigenvalue weighted by Gasteiger charge is -2.29. The van der Waals surface area contributed by atoms with Crippen LogP contribution in [-0.4, -0.2) is 28.2 Å². The number of nitrogens with zero attached hydrogens (tertiary/aromatic N) is 3. The van der Waals surface area contributed by atoms with Gasteiger partial charge in [-0.3, -0.25) is 0 Å². The molecule has 4 aromatic rings. The first kappa shape index (κ1) is 19.2. The third-order valence-corrected chi connectivity index (χ3v) is 5.51. The zero-order valence-electron chi connectivity index (χ0n) is 16.6. The van der Waals surface area contributed by atoms with Gasteiger partial charge in [-0.05, 0) is 60.0 Å². The number of hydrogen-bond acceptors (Lipinski definition) is 4. The number of phenolic OH excluding ortho intramolecular Hbond substituents is 1. The summed E-state index contributed by atoms with van der Waals surface area (Å²) in [4.78, 5) is 11.3. The monoisotopic (exact) mass is 415 g/mol. The van der Waals surface area contributed by atoms with Crippen LogP contribution in [0.5, 0.6) is 5.75 Å². The molecular weight excluding hydrogens is 396 g/mol. The molecule has 1 aliphatic rings. The highest BCUT2D eigenvalue weighted by Gasteiger charge is 2.20. The van der Waals surface area contributed by atoms with Crippen LogP contribution in [0.2, 0.25) is 0 Å². The Morgan fingerprint density at radius 2 is 1.65 bits per heavy atom. The van der Waals surface area contributed by atoms with E-state index in [-0.39, 0.29) is 17.4 Å². The summed E-state index contributed by atoms with van der Waals surface area (Å²) in [5, 5.41) is 10.9. The number of aromatic hydroxyl groups is 1. The minimum Gasteiger partial charge on any atom is -0.507 e. The molecule has 0 spiro atoms. The predicted molar refractivity (Wildman–Crippen MR) is 118 cm³/mol. The summed E-state index contributed by atoms with van der Waals surface area (Å²) in [6.07, 6.45) is 2.84. The van der Waals surface area contributed by atoms with Crippen LogP contribution in [0.25, 0.3) is 27.9 Å². The topological polar surface area (TPSA) is 49.3 Å². The maximum absolute atomic E-state index is 14.0. The van der Waals surface area contributed by atoms with E-state index in [0.29, 0.717) is 41.2 Å². The second-order valence-corrected chi connectivity index (χ2v) is 7.48. The van der Waals surface area contributed by atoms with Crippen molar-refractivity contribution >= 4 is 22.3 Å². The molecule has 4 nitrogen and oxygen atoms in total. The van der Waals surface area contributed by atoms with Crippen LogP contribution in [0, 0.1) is 11.6 Å². The Kier molecular flexibility index (Phi) is 4.82. The highest BCUT2D eigenvalue weighted by molar-refractivity contribution is 5.92. The van der Waals surface area contributed by atoms with E-state index in [0.717, 1.165) is 17.6 Å². The van der Waals surface area contributed by atoms with Gasteiger partial charge in [-0.25, -0.2) is 18.7 Å². The Balaban J connectivity index is 1.56. The molecule has 0 radical (unpaired) electrons. The Morgan fingerprint density at radius 3 is 2.39 bits per heavy atom. The molecule has 0 amide bonds. The molecule has 5 rings (SSSR count). The quantitative estimate of drug-likeness (QED) is 0.475. The van der Waals surface area contributed by atoms with E-state index in [2.05, 4.69) is 16.0 Å². The van der Waals surface area contributed by atoms with Crippen molar-refractivity contribution in [3.63, 3.8) is 0 Å². The zero-order valence-corrected chi connectivity index (χ0v) is 16.6. The smallest absolute Gasteiger partial charge is 0.165 e. The molecule has 6 heteroatoms. The van der Waals surface area contributed by atoms with Gasteiger partial charge < -0.3 is 10.0 Å². The second kappa shape index (κ2) is 7.80. The third-order valence-electron chi connectivity index (χ3n) is 5.51. The molecule has 0 unspecified atom stereocenters. The number of benzene rings is 3. The van der Waals surface area contributed by atoms with E-state index >= 15 is 0 Å². The summed E-state index contributed by atoms with van der Waals surface area (Å²) >= 11 is 0. The molecule has 2 heterocycles. The summed E-state index contributed by atoms with van der Waals surface area (Å²) < 4.78 is 27.3. The van der Waals surface area contributed by atoms with Crippen LogP contribution >= 0.6 is 0 Å². The van der Waals surface area contributed by atoms with Gasteiger partial charge in [0, 0.05) is 18.5 Å². The van der Waals surface area contributed by atoms with Gasteiger partial charge in [0.25, 0.3) is 0 Å². The average Bonchev–Trinajstić information content (AvgIpc) is 2.79. The van der Waals surface area contributed by atoms with Crippen molar-refractivity contribution < 1.29 is 13.9 Å². The third kappa shape index (κ3) is 3.72. The normalized spacial score (nSPS) is 14.0. The molecule has 1 aromatic heterocycles. The van der Waals surface area contributed by atoms with Gasteiger partial charge >= 0.3 is 0 Å². The summed E-state index contributed by atoms with van der Waals surface area (Å²) in [6, 6.07) is 17.8. The van der Waals surface area contributed by atoms with Crippen molar-refractivity contribution in [2.75, 3.05) is 18.0 Å². The van der Waals surface area contributed by atoms with Crippen LogP contribution < -0.4 is 4.90 Å². The lowest BCUT2D eigenvalue weighted by molar-refractivity contribution is 0.477. The standard InChI is InChI=1S/C25H19F2N3O/c26-18-7-5-16(6-8-18)17-11-13-30(14-12-17)25-21-15-19(27)9-10-22(21)28-24(29-25)20-3-1-2-4-23(20)31/h1-11,15,31H,12-14H2. The number of rotatable bonds is 3. The van der Waals surface area contributed by atoms with Crippen LogP contribution in [0.1, 0.15) is 12.0 Å². The van der Waals surface area contributed by atoms with Crippen LogP contribution in [0.4, 0.5) is 14.6 Å². The van der Waals surface area contributed by atoms with Crippen molar-refractivity contribution in [3.8, 4) is 17.1 Å². The van der Waals surface area contributed by atoms with E-state index in [1.807, 2.05) is 6.07 Å². The van der Waals surface area contributed by atoms with Crippen molar-refractivity contribution in [2.45, 2.75) is 6.42 Å². The Morgan fingerprint density at radius 1 is 0.871 bits per heavy atom. The number of phenols is 1. The summed E-state index contributed by atoms with van der Waals surface area (Å²) in [5.74, 6) is 0.491. The molecule has 1 N–H and O–H groups in total. The first-order chi connectivity index (χ1) is 15.1. The lowest BCUT2D eigenvalue weighted by Crippen LogP contribution is -2.29. The lowest BCUT2D eigenvalue weighted by atomic mass is 9.99. The van der Waals surface area contributed by atoms with Crippen molar-refractivity contribution in [1.82, 2.24) is 9.97 Å². The molecule has 3 aromatic carbocycles. The molecular formula is C25H19F2N3O. The maximum Gasteiger partial charge on any atom is 0.165 e. The number of anilines is 1. The fourth-order valence-electron chi connectivity index (χ4n) is 3.90. The fraction of sp³-hybridized carbons (Fsp3) is 0.120. The SMILES string of the molecule is Oc1ccccc1-c1nc(N2CC=C(c3ccc(F)cc3)CC2)c2cc(F)ccc2n1. The van der Waals surface area contributed by atoms with E-state index < -0.39 is 0 Å². The van der Waals surface area contributed by atoms with Gasteiger partial charge in [-0.15, -0.1) is 0 Å². The predicted octanol–water partition coefficient (Wildman–Crippen LogP) is 5.57. The first-order valence-electron chi connectivity index (χ1n) is 10.0. The minimum atomic E-state index is -0.354. The number of fused-ring (bicyclic) bond motifs is 1. The molecule has 0 saturated carbocycles. The maximum atomic E-state index is 14.0. The second-order valence-electron chi connectivity index (χ2n) is 7.48. The van der Waals surface area contributed by atoms with E-state index in [9.17, 15) is 13.9 Å². The number of hydrogen-bond donors (Lipinski definition) is 1. The molecule has 1 aliphatic heterocycles. The highest BCUT2D eigenvalue weighted by atomic mass is 19.1. The van der Waals surface area contributed by atoms with Gasteiger partial charge in [0.15, 0.2) is 5.82 Å². The summed E-state index contributed by atoms with van der Waals surface area (Å²) in [6.45, 7) is 1.25. The Hall–Kier alpha value is -3.80. The van der Waals surface area contributed by atoms with Gasteiger partial charge in [0.05, 0.1) is 11.1 Å². The molecule has 0 bridgehead atoms. The van der Waals surface area contributed by atoms with Crippen LogP contribution in [0.3, 0.4) is 0 Å². The number of para-hydroxylation sites is 1. The average molecular weight is 415 g/mol. The molecule has 0 aliphatic carbocycles. The van der Waals surface area contributed by atoms with E-state index in [4.69, 9.17) is 4.98 Å². The largest absolute Gasteiger partial charge is 0.507 e. The van der Waals surface area contributed by atoms with Gasteiger partial charge in [0.2, 0.25) is 0 Å². The van der Waals surface area contributed by atoms with Gasteiger partial charge in [-0.2, -0.15) is 0 Å². The van der Waals surface area contributed by atoms with E-state index in [1.165, 1.54) is 24.3 Å². The van der Waals surface area contributed by atoms with Crippen LogP contribution in [0.15, 0.2) is 72.8 Å². The molecule has 0 atom stereocenters. The Labute approximate surface area is 178 Å². The molecule has 31 heavy (non-hydrogen) atoms. The fourth-order valence-corrected chi connectivity index (χ4v) is 3.90. The highest BCUT2D eigenvalue weighted by Crippen LogP contribution is 2.33. The van der Waals surface area contributed by atoms with Gasteiger partial charge in [0.1, 0.15) is 23.2 Å². The van der Waals surface area contributed by atoms with E-state index in [1.54, 1.807) is 36.4 Å².